The molecule has 0 aliphatic carbocycles. The van der Waals surface area contributed by atoms with E-state index in [1.807, 2.05) is 39.1 Å². The number of anilines is 1. The van der Waals surface area contributed by atoms with Gasteiger partial charge < -0.3 is 11.1 Å². The fourth-order valence-electron chi connectivity index (χ4n) is 1.18. The summed E-state index contributed by atoms with van der Waals surface area (Å²) < 4.78 is 0. The van der Waals surface area contributed by atoms with Crippen molar-refractivity contribution in [1.82, 2.24) is 4.98 Å². The molecule has 0 saturated carbocycles. The van der Waals surface area contributed by atoms with Gasteiger partial charge in [-0.05, 0) is 39.3 Å². The van der Waals surface area contributed by atoms with Crippen LogP contribution < -0.4 is 11.1 Å². The maximum Gasteiger partial charge on any atom is 0.0393 e. The molecule has 0 unspecified atom stereocenters. The minimum absolute atomic E-state index is 0.102. The Kier molecular flexibility index (Phi) is 3.47. The number of nitrogens with two attached hydrogens (primary N) is 1. The Bertz CT molecular complexity index is 289. The molecule has 0 atom stereocenters. The number of hydrogen-bond donors (Lipinski definition) is 2. The van der Waals surface area contributed by atoms with Crippen LogP contribution in [0, 0.1) is 6.92 Å². The highest BCUT2D eigenvalue weighted by Crippen LogP contribution is 2.09. The third-order valence-corrected chi connectivity index (χ3v) is 2.00. The van der Waals surface area contributed by atoms with Crippen molar-refractivity contribution in [3.63, 3.8) is 0 Å². The number of nitrogens with one attached hydrogen (secondary N) is 1. The Morgan fingerprint density at radius 1 is 1.50 bits per heavy atom. The molecule has 0 saturated heterocycles. The first-order valence-corrected chi connectivity index (χ1v) is 4.93. The Morgan fingerprint density at radius 3 is 2.79 bits per heavy atom. The van der Waals surface area contributed by atoms with E-state index >= 15 is 0 Å². The fraction of sp³-hybridized carbons (Fsp3) is 0.545. The Labute approximate surface area is 85.7 Å². The number of hydrogen-bond acceptors (Lipinski definition) is 3. The maximum atomic E-state index is 5.88. The first-order valence-electron chi connectivity index (χ1n) is 4.93. The van der Waals surface area contributed by atoms with Gasteiger partial charge in [-0.2, -0.15) is 0 Å². The molecule has 0 aromatic carbocycles. The predicted molar refractivity (Wildman–Crippen MR) is 60.3 cm³/mol. The second-order valence-electron chi connectivity index (χ2n) is 4.35. The number of pyridine rings is 1. The molecule has 1 aromatic rings. The summed E-state index contributed by atoms with van der Waals surface area (Å²) >= 11 is 0. The van der Waals surface area contributed by atoms with E-state index in [0.29, 0.717) is 0 Å². The van der Waals surface area contributed by atoms with Crippen LogP contribution in [0.3, 0.4) is 0 Å². The molecule has 0 aliphatic rings. The van der Waals surface area contributed by atoms with E-state index in [1.54, 1.807) is 0 Å². The van der Waals surface area contributed by atoms with E-state index < -0.39 is 0 Å². The number of aryl methyl sites for hydroxylation is 1. The average molecular weight is 193 g/mol. The van der Waals surface area contributed by atoms with Crippen molar-refractivity contribution >= 4 is 5.69 Å². The molecule has 3 heteroatoms. The first-order chi connectivity index (χ1) is 6.47. The van der Waals surface area contributed by atoms with Gasteiger partial charge in [0.2, 0.25) is 0 Å². The van der Waals surface area contributed by atoms with Gasteiger partial charge in [0.15, 0.2) is 0 Å². The molecule has 1 aromatic heterocycles. The monoisotopic (exact) mass is 193 g/mol. The maximum absolute atomic E-state index is 5.88. The largest absolute Gasteiger partial charge is 0.385 e. The van der Waals surface area contributed by atoms with Crippen LogP contribution in [0.2, 0.25) is 0 Å². The molecule has 14 heavy (non-hydrogen) atoms. The molecule has 3 nitrogen and oxygen atoms in total. The summed E-state index contributed by atoms with van der Waals surface area (Å²) in [6, 6.07) is 4.00. The van der Waals surface area contributed by atoms with Crippen LogP contribution in [-0.2, 0) is 0 Å². The summed E-state index contributed by atoms with van der Waals surface area (Å²) in [6.45, 7) is 6.95. The smallest absolute Gasteiger partial charge is 0.0393 e. The lowest BCUT2D eigenvalue weighted by molar-refractivity contribution is 0.491. The van der Waals surface area contributed by atoms with Crippen molar-refractivity contribution in [2.24, 2.45) is 5.73 Å². The zero-order valence-corrected chi connectivity index (χ0v) is 9.17. The molecule has 1 rings (SSSR count). The molecule has 0 radical (unpaired) electrons. The van der Waals surface area contributed by atoms with E-state index in [1.165, 1.54) is 0 Å². The van der Waals surface area contributed by atoms with Crippen molar-refractivity contribution in [2.75, 3.05) is 11.9 Å². The van der Waals surface area contributed by atoms with Crippen LogP contribution in [0.1, 0.15) is 26.0 Å². The normalized spacial score (nSPS) is 11.4. The van der Waals surface area contributed by atoms with Crippen molar-refractivity contribution < 1.29 is 0 Å². The lowest BCUT2D eigenvalue weighted by Gasteiger charge is -2.18. The summed E-state index contributed by atoms with van der Waals surface area (Å²) in [6.07, 6.45) is 2.76. The summed E-state index contributed by atoms with van der Waals surface area (Å²) in [5, 5.41) is 3.32. The lowest BCUT2D eigenvalue weighted by atomic mass is 10.0. The van der Waals surface area contributed by atoms with Crippen LogP contribution in [0.4, 0.5) is 5.69 Å². The highest BCUT2D eigenvalue weighted by atomic mass is 14.9. The highest BCUT2D eigenvalue weighted by Gasteiger charge is 2.08. The molecule has 0 bridgehead atoms. The predicted octanol–water partition coefficient (Wildman–Crippen LogP) is 1.93. The molecule has 3 N–H and O–H groups in total. The Morgan fingerprint density at radius 2 is 2.21 bits per heavy atom. The van der Waals surface area contributed by atoms with Crippen LogP contribution >= 0.6 is 0 Å². The second-order valence-corrected chi connectivity index (χ2v) is 4.35. The van der Waals surface area contributed by atoms with Gasteiger partial charge in [0.1, 0.15) is 0 Å². The van der Waals surface area contributed by atoms with Crippen LogP contribution in [0.5, 0.6) is 0 Å². The summed E-state index contributed by atoms with van der Waals surface area (Å²) in [5.41, 5.74) is 7.92. The van der Waals surface area contributed by atoms with Crippen molar-refractivity contribution in [2.45, 2.75) is 32.7 Å². The van der Waals surface area contributed by atoms with E-state index in [9.17, 15) is 0 Å². The van der Waals surface area contributed by atoms with Crippen LogP contribution in [0.15, 0.2) is 18.3 Å². The zero-order valence-electron chi connectivity index (χ0n) is 9.17. The van der Waals surface area contributed by atoms with E-state index in [0.717, 1.165) is 24.3 Å². The third-order valence-electron chi connectivity index (χ3n) is 2.00. The van der Waals surface area contributed by atoms with Gasteiger partial charge in [-0.25, -0.2) is 0 Å². The highest BCUT2D eigenvalue weighted by molar-refractivity contribution is 5.42. The minimum Gasteiger partial charge on any atom is -0.385 e. The van der Waals surface area contributed by atoms with Gasteiger partial charge in [-0.1, -0.05) is 0 Å². The van der Waals surface area contributed by atoms with E-state index in [2.05, 4.69) is 10.3 Å². The minimum atomic E-state index is -0.102. The molecule has 0 spiro atoms. The number of aromatic nitrogens is 1. The van der Waals surface area contributed by atoms with Crippen molar-refractivity contribution in [3.05, 3.63) is 24.0 Å². The van der Waals surface area contributed by atoms with Crippen LogP contribution in [0.25, 0.3) is 0 Å². The van der Waals surface area contributed by atoms with E-state index in [4.69, 9.17) is 5.73 Å². The van der Waals surface area contributed by atoms with Gasteiger partial charge in [-0.3, -0.25) is 4.98 Å². The molecular formula is C11H19N3. The molecule has 0 fully saturated rings. The van der Waals surface area contributed by atoms with Gasteiger partial charge >= 0.3 is 0 Å². The third kappa shape index (κ3) is 4.23. The van der Waals surface area contributed by atoms with Gasteiger partial charge in [0, 0.05) is 29.7 Å². The standard InChI is InChI=1S/C11H19N3/c1-9-8-10(4-6-13-9)14-7-5-11(2,3)12/h4,6,8H,5,7,12H2,1-3H3,(H,13,14). The van der Waals surface area contributed by atoms with Gasteiger partial charge in [0.25, 0.3) is 0 Å². The van der Waals surface area contributed by atoms with Crippen molar-refractivity contribution in [3.8, 4) is 0 Å². The average Bonchev–Trinajstić information content (AvgIpc) is 2.01. The molecule has 0 aliphatic heterocycles. The fourth-order valence-corrected chi connectivity index (χ4v) is 1.18. The van der Waals surface area contributed by atoms with Gasteiger partial charge in [0.05, 0.1) is 0 Å². The molecular weight excluding hydrogens is 174 g/mol. The Hall–Kier alpha value is -1.09. The summed E-state index contributed by atoms with van der Waals surface area (Å²) in [4.78, 5) is 4.13. The number of rotatable bonds is 4. The summed E-state index contributed by atoms with van der Waals surface area (Å²) in [7, 11) is 0. The first kappa shape index (κ1) is 11.0. The molecule has 1 heterocycles. The topological polar surface area (TPSA) is 50.9 Å². The quantitative estimate of drug-likeness (QED) is 0.768. The second kappa shape index (κ2) is 4.42. The van der Waals surface area contributed by atoms with E-state index in [-0.39, 0.29) is 5.54 Å². The molecule has 78 valence electrons. The SMILES string of the molecule is Cc1cc(NCCC(C)(C)N)ccn1. The molecule has 0 amide bonds. The van der Waals surface area contributed by atoms with Gasteiger partial charge in [-0.15, -0.1) is 0 Å². The van der Waals surface area contributed by atoms with Crippen LogP contribution in [-0.4, -0.2) is 17.1 Å². The number of nitrogens with zero attached hydrogens (tertiary/aromatic N) is 1. The van der Waals surface area contributed by atoms with Crippen molar-refractivity contribution in [1.29, 1.82) is 0 Å². The summed E-state index contributed by atoms with van der Waals surface area (Å²) in [5.74, 6) is 0. The lowest BCUT2D eigenvalue weighted by Crippen LogP contribution is -2.34. The Balaban J connectivity index is 2.39. The zero-order chi connectivity index (χ0) is 10.6.